The first kappa shape index (κ1) is 14.4. The Kier molecular flexibility index (Phi) is 3.28. The van der Waals surface area contributed by atoms with Crippen molar-refractivity contribution in [3.05, 3.63) is 36.0 Å². The highest BCUT2D eigenvalue weighted by Gasteiger charge is 2.34. The van der Waals surface area contributed by atoms with Crippen LogP contribution in [0, 0.1) is 0 Å². The minimum atomic E-state index is -4.53. The van der Waals surface area contributed by atoms with Crippen LogP contribution in [0.25, 0.3) is 10.9 Å². The standard InChI is InChI=1S/C14H14F3NO2/c1-13(2,3)20-12(19)18-8-7-9-5-4-6-10(11(9)18)14(15,16)17/h4-8H,1-3H3. The fourth-order valence-corrected chi connectivity index (χ4v) is 1.89. The largest absolute Gasteiger partial charge is 0.443 e. The molecule has 0 amide bonds. The Bertz CT molecular complexity index is 650. The molecule has 0 aliphatic carbocycles. The van der Waals surface area contributed by atoms with E-state index in [1.54, 1.807) is 20.8 Å². The van der Waals surface area contributed by atoms with E-state index in [9.17, 15) is 18.0 Å². The second-order valence-electron chi connectivity index (χ2n) is 5.41. The Balaban J connectivity index is 2.58. The molecule has 0 aliphatic heterocycles. The van der Waals surface area contributed by atoms with Gasteiger partial charge in [-0.3, -0.25) is 4.57 Å². The van der Waals surface area contributed by atoms with Gasteiger partial charge in [0.1, 0.15) is 5.60 Å². The molecule has 20 heavy (non-hydrogen) atoms. The summed E-state index contributed by atoms with van der Waals surface area (Å²) in [6.07, 6.45) is -4.07. The van der Waals surface area contributed by atoms with Crippen LogP contribution in [0.1, 0.15) is 26.3 Å². The second kappa shape index (κ2) is 4.54. The third kappa shape index (κ3) is 2.79. The van der Waals surface area contributed by atoms with E-state index < -0.39 is 23.4 Å². The topological polar surface area (TPSA) is 31.2 Å². The molecule has 0 aliphatic rings. The van der Waals surface area contributed by atoms with Gasteiger partial charge in [0, 0.05) is 11.6 Å². The van der Waals surface area contributed by atoms with Crippen molar-refractivity contribution in [1.82, 2.24) is 4.57 Å². The maximum atomic E-state index is 13.0. The molecular weight excluding hydrogens is 271 g/mol. The number of para-hydroxylation sites is 1. The summed E-state index contributed by atoms with van der Waals surface area (Å²) in [6.45, 7) is 4.96. The molecule has 0 atom stereocenters. The molecule has 0 saturated heterocycles. The number of carbonyl (C=O) groups excluding carboxylic acids is 1. The van der Waals surface area contributed by atoms with Gasteiger partial charge in [-0.25, -0.2) is 4.79 Å². The normalized spacial score (nSPS) is 12.7. The van der Waals surface area contributed by atoms with Gasteiger partial charge in [-0.15, -0.1) is 0 Å². The lowest BCUT2D eigenvalue weighted by atomic mass is 10.1. The van der Waals surface area contributed by atoms with E-state index in [4.69, 9.17) is 4.74 Å². The summed E-state index contributed by atoms with van der Waals surface area (Å²) in [5, 5.41) is 0.339. The number of aromatic nitrogens is 1. The number of nitrogens with zero attached hydrogens (tertiary/aromatic N) is 1. The Morgan fingerprint density at radius 3 is 2.35 bits per heavy atom. The first-order valence-corrected chi connectivity index (χ1v) is 6.00. The Hall–Kier alpha value is -1.98. The lowest BCUT2D eigenvalue weighted by Gasteiger charge is -2.20. The van der Waals surface area contributed by atoms with Crippen molar-refractivity contribution in [3.8, 4) is 0 Å². The van der Waals surface area contributed by atoms with Crippen LogP contribution in [0.3, 0.4) is 0 Å². The highest BCUT2D eigenvalue weighted by atomic mass is 19.4. The summed E-state index contributed by atoms with van der Waals surface area (Å²) in [5.41, 5.74) is -1.82. The van der Waals surface area contributed by atoms with E-state index in [2.05, 4.69) is 0 Å². The molecule has 2 aromatic rings. The molecule has 1 aromatic carbocycles. The zero-order valence-corrected chi connectivity index (χ0v) is 11.3. The summed E-state index contributed by atoms with van der Waals surface area (Å²) >= 11 is 0. The van der Waals surface area contributed by atoms with Gasteiger partial charge in [-0.2, -0.15) is 13.2 Å². The van der Waals surface area contributed by atoms with Gasteiger partial charge in [0.05, 0.1) is 11.1 Å². The van der Waals surface area contributed by atoms with Crippen LogP contribution in [0.2, 0.25) is 0 Å². The molecule has 3 nitrogen and oxygen atoms in total. The van der Waals surface area contributed by atoms with Crippen LogP contribution in [0.5, 0.6) is 0 Å². The van der Waals surface area contributed by atoms with Gasteiger partial charge in [0.25, 0.3) is 0 Å². The molecule has 0 spiro atoms. The lowest BCUT2D eigenvalue weighted by Crippen LogP contribution is -2.27. The van der Waals surface area contributed by atoms with Crippen LogP contribution in [-0.2, 0) is 10.9 Å². The van der Waals surface area contributed by atoms with Crippen LogP contribution in [-0.4, -0.2) is 16.3 Å². The number of ether oxygens (including phenoxy) is 1. The summed E-state index contributed by atoms with van der Waals surface area (Å²) in [5.74, 6) is 0. The molecule has 0 bridgehead atoms. The maximum absolute atomic E-state index is 13.0. The molecular formula is C14H14F3NO2. The smallest absolute Gasteiger partial charge is 0.419 e. The molecule has 108 valence electrons. The summed E-state index contributed by atoms with van der Waals surface area (Å²) in [4.78, 5) is 12.0. The van der Waals surface area contributed by atoms with E-state index in [1.807, 2.05) is 0 Å². The average Bonchev–Trinajstić information content (AvgIpc) is 2.68. The highest BCUT2D eigenvalue weighted by Crippen LogP contribution is 2.35. The van der Waals surface area contributed by atoms with Crippen molar-refractivity contribution in [2.45, 2.75) is 32.5 Å². The second-order valence-corrected chi connectivity index (χ2v) is 5.41. The fourth-order valence-electron chi connectivity index (χ4n) is 1.89. The number of fused-ring (bicyclic) bond motifs is 1. The fraction of sp³-hybridized carbons (Fsp3) is 0.357. The average molecular weight is 285 g/mol. The number of benzene rings is 1. The van der Waals surface area contributed by atoms with Crippen molar-refractivity contribution >= 4 is 17.0 Å². The highest BCUT2D eigenvalue weighted by molar-refractivity contribution is 5.92. The minimum absolute atomic E-state index is 0.186. The molecule has 0 fully saturated rings. The molecule has 1 heterocycles. The first-order valence-electron chi connectivity index (χ1n) is 6.00. The molecule has 0 unspecified atom stereocenters. The van der Waals surface area contributed by atoms with Gasteiger partial charge >= 0.3 is 12.3 Å². The van der Waals surface area contributed by atoms with Crippen molar-refractivity contribution in [2.24, 2.45) is 0 Å². The monoisotopic (exact) mass is 285 g/mol. The first-order chi connectivity index (χ1) is 9.09. The maximum Gasteiger partial charge on any atom is 0.419 e. The van der Waals surface area contributed by atoms with Gasteiger partial charge < -0.3 is 4.74 Å². The molecule has 6 heteroatoms. The number of rotatable bonds is 0. The van der Waals surface area contributed by atoms with Crippen LogP contribution >= 0.6 is 0 Å². The Morgan fingerprint density at radius 1 is 1.15 bits per heavy atom. The quantitative estimate of drug-likeness (QED) is 0.716. The minimum Gasteiger partial charge on any atom is -0.443 e. The van der Waals surface area contributed by atoms with Gasteiger partial charge in [-0.1, -0.05) is 12.1 Å². The number of hydrogen-bond donors (Lipinski definition) is 0. The van der Waals surface area contributed by atoms with Gasteiger partial charge in [0.2, 0.25) is 0 Å². The van der Waals surface area contributed by atoms with E-state index in [0.29, 0.717) is 5.39 Å². The van der Waals surface area contributed by atoms with Crippen LogP contribution in [0.15, 0.2) is 30.5 Å². The van der Waals surface area contributed by atoms with Crippen molar-refractivity contribution < 1.29 is 22.7 Å². The van der Waals surface area contributed by atoms with E-state index in [0.717, 1.165) is 10.6 Å². The summed E-state index contributed by atoms with van der Waals surface area (Å²) in [6, 6.07) is 5.23. The Labute approximate surface area is 113 Å². The third-order valence-electron chi connectivity index (χ3n) is 2.61. The van der Waals surface area contributed by atoms with Crippen molar-refractivity contribution in [1.29, 1.82) is 0 Å². The predicted octanol–water partition coefficient (Wildman–Crippen LogP) is 4.44. The SMILES string of the molecule is CC(C)(C)OC(=O)n1ccc2cccc(C(F)(F)F)c21. The number of alkyl halides is 3. The number of carbonyl (C=O) groups is 1. The zero-order valence-electron chi connectivity index (χ0n) is 11.3. The molecule has 1 aromatic heterocycles. The van der Waals surface area contributed by atoms with Crippen LogP contribution in [0.4, 0.5) is 18.0 Å². The van der Waals surface area contributed by atoms with E-state index >= 15 is 0 Å². The van der Waals surface area contributed by atoms with Crippen molar-refractivity contribution in [3.63, 3.8) is 0 Å². The third-order valence-corrected chi connectivity index (χ3v) is 2.61. The van der Waals surface area contributed by atoms with Gasteiger partial charge in [0.15, 0.2) is 0 Å². The molecule has 0 radical (unpaired) electrons. The number of hydrogen-bond acceptors (Lipinski definition) is 2. The van der Waals surface area contributed by atoms with E-state index in [-0.39, 0.29) is 5.52 Å². The van der Waals surface area contributed by atoms with E-state index in [1.165, 1.54) is 24.4 Å². The molecule has 0 N–H and O–H groups in total. The lowest BCUT2D eigenvalue weighted by molar-refractivity contribution is -0.136. The summed E-state index contributed by atoms with van der Waals surface area (Å²) < 4.78 is 45.0. The zero-order chi connectivity index (χ0) is 15.1. The number of halogens is 3. The molecule has 0 saturated carbocycles. The Morgan fingerprint density at radius 2 is 1.80 bits per heavy atom. The summed E-state index contributed by atoms with van der Waals surface area (Å²) in [7, 11) is 0. The van der Waals surface area contributed by atoms with Crippen LogP contribution < -0.4 is 0 Å². The predicted molar refractivity (Wildman–Crippen MR) is 68.6 cm³/mol. The molecule has 2 rings (SSSR count). The van der Waals surface area contributed by atoms with Crippen molar-refractivity contribution in [2.75, 3.05) is 0 Å². The van der Waals surface area contributed by atoms with Gasteiger partial charge in [-0.05, 0) is 32.9 Å².